The van der Waals surface area contributed by atoms with E-state index in [9.17, 15) is 4.79 Å². The molecule has 0 aromatic heterocycles. The third-order valence-electron chi connectivity index (χ3n) is 4.20. The van der Waals surface area contributed by atoms with Crippen LogP contribution in [0.2, 0.25) is 10.0 Å². The van der Waals surface area contributed by atoms with Gasteiger partial charge in [-0.05, 0) is 36.5 Å². The lowest BCUT2D eigenvalue weighted by atomic mass is 9.78. The van der Waals surface area contributed by atoms with Gasteiger partial charge in [0, 0.05) is 11.7 Å². The maximum Gasteiger partial charge on any atom is 0.319 e. The van der Waals surface area contributed by atoms with Crippen LogP contribution in [-0.4, -0.2) is 12.1 Å². The van der Waals surface area contributed by atoms with Crippen molar-refractivity contribution in [2.24, 2.45) is 11.8 Å². The fourth-order valence-electron chi connectivity index (χ4n) is 2.70. The van der Waals surface area contributed by atoms with E-state index in [0.717, 1.165) is 6.42 Å². The minimum absolute atomic E-state index is 0.186. The van der Waals surface area contributed by atoms with E-state index in [4.69, 9.17) is 23.2 Å². The van der Waals surface area contributed by atoms with Gasteiger partial charge >= 0.3 is 6.03 Å². The van der Waals surface area contributed by atoms with E-state index in [1.807, 2.05) is 0 Å². The number of benzene rings is 1. The maximum atomic E-state index is 12.0. The SMILES string of the molecule is C[C@H]1[C@@H](NC(=O)Nc2ccc(Cl)c(Cl)c2)CCC[C@@H]1C. The first-order chi connectivity index (χ1) is 9.47. The molecular weight excluding hydrogens is 295 g/mol. The predicted octanol–water partition coefficient (Wildman–Crippen LogP) is 4.94. The van der Waals surface area contributed by atoms with Gasteiger partial charge in [-0.3, -0.25) is 0 Å². The van der Waals surface area contributed by atoms with E-state index < -0.39 is 0 Å². The standard InChI is InChI=1S/C15H20Cl2N2O/c1-9-4-3-5-14(10(9)2)19-15(20)18-11-6-7-12(16)13(17)8-11/h6-10,14H,3-5H2,1-2H3,(H2,18,19,20)/t9-,10+,14-/m0/s1. The van der Waals surface area contributed by atoms with Crippen LogP contribution in [0.5, 0.6) is 0 Å². The van der Waals surface area contributed by atoms with Crippen molar-refractivity contribution in [1.29, 1.82) is 0 Å². The van der Waals surface area contributed by atoms with Crippen LogP contribution in [0.25, 0.3) is 0 Å². The highest BCUT2D eigenvalue weighted by Gasteiger charge is 2.28. The van der Waals surface area contributed by atoms with E-state index in [1.165, 1.54) is 12.8 Å². The Balaban J connectivity index is 1.93. The first-order valence-electron chi connectivity index (χ1n) is 7.00. The Hall–Kier alpha value is -0.930. The van der Waals surface area contributed by atoms with E-state index >= 15 is 0 Å². The molecular formula is C15H20Cl2N2O. The number of anilines is 1. The lowest BCUT2D eigenvalue weighted by Gasteiger charge is -2.34. The van der Waals surface area contributed by atoms with Crippen LogP contribution in [0.4, 0.5) is 10.5 Å². The second-order valence-electron chi connectivity index (χ2n) is 5.60. The summed E-state index contributed by atoms with van der Waals surface area (Å²) in [5.74, 6) is 1.15. The molecule has 0 unspecified atom stereocenters. The number of halogens is 2. The minimum Gasteiger partial charge on any atom is -0.335 e. The highest BCUT2D eigenvalue weighted by atomic mass is 35.5. The molecule has 0 aliphatic heterocycles. The number of rotatable bonds is 2. The Bertz CT molecular complexity index is 493. The Kier molecular flexibility index (Phi) is 5.17. The molecule has 0 heterocycles. The Morgan fingerprint density at radius 2 is 1.95 bits per heavy atom. The lowest BCUT2D eigenvalue weighted by molar-refractivity contribution is 0.201. The zero-order chi connectivity index (χ0) is 14.7. The van der Waals surface area contributed by atoms with Crippen molar-refractivity contribution in [3.05, 3.63) is 28.2 Å². The number of urea groups is 1. The number of carbonyl (C=O) groups is 1. The zero-order valence-corrected chi connectivity index (χ0v) is 13.3. The number of hydrogen-bond donors (Lipinski definition) is 2. The summed E-state index contributed by atoms with van der Waals surface area (Å²) >= 11 is 11.8. The van der Waals surface area contributed by atoms with Crippen LogP contribution < -0.4 is 10.6 Å². The summed E-state index contributed by atoms with van der Waals surface area (Å²) in [4.78, 5) is 12.0. The molecule has 1 aromatic rings. The zero-order valence-electron chi connectivity index (χ0n) is 11.7. The molecule has 1 saturated carbocycles. The van der Waals surface area contributed by atoms with E-state index in [1.54, 1.807) is 18.2 Å². The fraction of sp³-hybridized carbons (Fsp3) is 0.533. The molecule has 0 radical (unpaired) electrons. The molecule has 3 atom stereocenters. The number of nitrogens with one attached hydrogen (secondary N) is 2. The molecule has 0 bridgehead atoms. The summed E-state index contributed by atoms with van der Waals surface area (Å²) < 4.78 is 0. The monoisotopic (exact) mass is 314 g/mol. The second kappa shape index (κ2) is 6.68. The quantitative estimate of drug-likeness (QED) is 0.797. The van der Waals surface area contributed by atoms with Crippen LogP contribution in [0.15, 0.2) is 18.2 Å². The molecule has 1 aliphatic rings. The Labute approximate surface area is 130 Å². The van der Waals surface area contributed by atoms with Crippen LogP contribution in [0, 0.1) is 11.8 Å². The first kappa shape index (κ1) is 15.5. The summed E-state index contributed by atoms with van der Waals surface area (Å²) in [6.45, 7) is 4.45. The number of hydrogen-bond acceptors (Lipinski definition) is 1. The molecule has 1 aromatic carbocycles. The number of carbonyl (C=O) groups excluding carboxylic acids is 1. The summed E-state index contributed by atoms with van der Waals surface area (Å²) in [6.07, 6.45) is 3.46. The summed E-state index contributed by atoms with van der Waals surface area (Å²) in [5.41, 5.74) is 0.647. The largest absolute Gasteiger partial charge is 0.335 e. The van der Waals surface area contributed by atoms with Crippen molar-refractivity contribution in [2.45, 2.75) is 39.2 Å². The third-order valence-corrected chi connectivity index (χ3v) is 4.94. The highest BCUT2D eigenvalue weighted by Crippen LogP contribution is 2.29. The van der Waals surface area contributed by atoms with E-state index in [-0.39, 0.29) is 12.1 Å². The summed E-state index contributed by atoms with van der Waals surface area (Å²) in [7, 11) is 0. The van der Waals surface area contributed by atoms with Crippen molar-refractivity contribution < 1.29 is 4.79 Å². The summed E-state index contributed by atoms with van der Waals surface area (Å²) in [5, 5.41) is 6.77. The molecule has 0 spiro atoms. The summed E-state index contributed by atoms with van der Waals surface area (Å²) in [6, 6.07) is 5.11. The van der Waals surface area contributed by atoms with Crippen LogP contribution in [-0.2, 0) is 0 Å². The van der Waals surface area contributed by atoms with Gasteiger partial charge in [-0.1, -0.05) is 49.9 Å². The normalized spacial score (nSPS) is 26.1. The van der Waals surface area contributed by atoms with E-state index in [2.05, 4.69) is 24.5 Å². The molecule has 110 valence electrons. The van der Waals surface area contributed by atoms with Gasteiger partial charge in [-0.15, -0.1) is 0 Å². The third kappa shape index (κ3) is 3.80. The molecule has 20 heavy (non-hydrogen) atoms. The van der Waals surface area contributed by atoms with Crippen molar-refractivity contribution in [3.8, 4) is 0 Å². The molecule has 0 saturated heterocycles. The van der Waals surface area contributed by atoms with Gasteiger partial charge in [-0.2, -0.15) is 0 Å². The molecule has 2 amide bonds. The molecule has 2 rings (SSSR count). The van der Waals surface area contributed by atoms with Gasteiger partial charge in [-0.25, -0.2) is 4.79 Å². The molecule has 1 aliphatic carbocycles. The van der Waals surface area contributed by atoms with Gasteiger partial charge < -0.3 is 10.6 Å². The average molecular weight is 315 g/mol. The van der Waals surface area contributed by atoms with Crippen molar-refractivity contribution in [3.63, 3.8) is 0 Å². The Morgan fingerprint density at radius 1 is 1.20 bits per heavy atom. The van der Waals surface area contributed by atoms with Gasteiger partial charge in [0.2, 0.25) is 0 Å². The maximum absolute atomic E-state index is 12.0. The van der Waals surface area contributed by atoms with Crippen LogP contribution in [0.3, 0.4) is 0 Å². The van der Waals surface area contributed by atoms with Gasteiger partial charge in [0.05, 0.1) is 10.0 Å². The molecule has 3 nitrogen and oxygen atoms in total. The lowest BCUT2D eigenvalue weighted by Crippen LogP contribution is -2.45. The minimum atomic E-state index is -0.186. The second-order valence-corrected chi connectivity index (χ2v) is 6.42. The highest BCUT2D eigenvalue weighted by molar-refractivity contribution is 6.42. The molecule has 2 N–H and O–H groups in total. The topological polar surface area (TPSA) is 41.1 Å². The predicted molar refractivity (Wildman–Crippen MR) is 84.6 cm³/mol. The van der Waals surface area contributed by atoms with Gasteiger partial charge in [0.15, 0.2) is 0 Å². The van der Waals surface area contributed by atoms with Crippen LogP contribution >= 0.6 is 23.2 Å². The smallest absolute Gasteiger partial charge is 0.319 e. The Morgan fingerprint density at radius 3 is 2.65 bits per heavy atom. The molecule has 5 heteroatoms. The van der Waals surface area contributed by atoms with Gasteiger partial charge in [0.25, 0.3) is 0 Å². The van der Waals surface area contributed by atoms with Crippen molar-refractivity contribution in [2.75, 3.05) is 5.32 Å². The van der Waals surface area contributed by atoms with Crippen LogP contribution in [0.1, 0.15) is 33.1 Å². The van der Waals surface area contributed by atoms with Crippen molar-refractivity contribution in [1.82, 2.24) is 5.32 Å². The first-order valence-corrected chi connectivity index (χ1v) is 7.75. The van der Waals surface area contributed by atoms with E-state index in [0.29, 0.717) is 27.6 Å². The molecule has 1 fully saturated rings. The number of amides is 2. The average Bonchev–Trinajstić information content (AvgIpc) is 2.39. The fourth-order valence-corrected chi connectivity index (χ4v) is 2.99. The van der Waals surface area contributed by atoms with Gasteiger partial charge in [0.1, 0.15) is 0 Å². The van der Waals surface area contributed by atoms with Crippen molar-refractivity contribution >= 4 is 34.9 Å².